The van der Waals surface area contributed by atoms with Crippen molar-refractivity contribution < 1.29 is 19.1 Å². The maximum Gasteiger partial charge on any atom is 0.407 e. The molecule has 1 aliphatic carbocycles. The van der Waals surface area contributed by atoms with Crippen LogP contribution in [0.2, 0.25) is 0 Å². The van der Waals surface area contributed by atoms with Gasteiger partial charge in [0.25, 0.3) is 11.5 Å². The predicted octanol–water partition coefficient (Wildman–Crippen LogP) is 4.61. The third-order valence-electron chi connectivity index (χ3n) is 8.17. The Morgan fingerprint density at radius 1 is 1.00 bits per heavy atom. The maximum absolute atomic E-state index is 13.4. The number of hydrogen-bond donors (Lipinski definition) is 3. The minimum atomic E-state index is -0.585. The lowest BCUT2D eigenvalue weighted by atomic mass is 10.0. The second-order valence-corrected chi connectivity index (χ2v) is 13.6. The summed E-state index contributed by atoms with van der Waals surface area (Å²) in [6.07, 6.45) is 2.97. The van der Waals surface area contributed by atoms with Crippen molar-refractivity contribution in [2.75, 3.05) is 18.4 Å². The Morgan fingerprint density at radius 2 is 1.72 bits per heavy atom. The van der Waals surface area contributed by atoms with Gasteiger partial charge in [-0.2, -0.15) is 0 Å². The Labute approximate surface area is 268 Å². The van der Waals surface area contributed by atoms with Crippen LogP contribution in [0.4, 0.5) is 15.3 Å². The van der Waals surface area contributed by atoms with Crippen molar-refractivity contribution >= 4 is 34.6 Å². The summed E-state index contributed by atoms with van der Waals surface area (Å²) in [4.78, 5) is 66.4. The number of nitrogens with one attached hydrogen (secondary N) is 3. The van der Waals surface area contributed by atoms with Crippen molar-refractivity contribution in [2.24, 2.45) is 5.92 Å². The first-order valence-electron chi connectivity index (χ1n) is 16.0. The van der Waals surface area contributed by atoms with Gasteiger partial charge in [0.05, 0.1) is 10.9 Å². The Hall–Kier alpha value is -4.61. The fourth-order valence-electron chi connectivity index (χ4n) is 5.69. The molecular formula is C34H44N6O6. The smallest absolute Gasteiger partial charge is 0.407 e. The molecule has 0 bridgehead atoms. The summed E-state index contributed by atoms with van der Waals surface area (Å²) >= 11 is 0. The highest BCUT2D eigenvalue weighted by Crippen LogP contribution is 2.30. The minimum Gasteiger partial charge on any atom is -0.444 e. The fourth-order valence-corrected chi connectivity index (χ4v) is 5.69. The number of carbonyl (C=O) groups is 3. The molecular weight excluding hydrogens is 588 g/mol. The zero-order chi connectivity index (χ0) is 33.2. The number of piperidine rings is 1. The molecule has 3 aromatic rings. The summed E-state index contributed by atoms with van der Waals surface area (Å²) in [5.74, 6) is 0.110. The number of alkyl carbamates (subject to hydrolysis) is 1. The van der Waals surface area contributed by atoms with Crippen LogP contribution in [-0.2, 0) is 17.8 Å². The Morgan fingerprint density at radius 3 is 2.37 bits per heavy atom. The molecule has 2 aromatic carbocycles. The van der Waals surface area contributed by atoms with E-state index in [1.54, 1.807) is 72.7 Å². The first kappa shape index (κ1) is 32.8. The molecule has 46 heavy (non-hydrogen) atoms. The zero-order valence-electron chi connectivity index (χ0n) is 27.2. The van der Waals surface area contributed by atoms with E-state index in [0.717, 1.165) is 31.2 Å². The lowest BCUT2D eigenvalue weighted by Gasteiger charge is -2.33. The molecule has 12 heteroatoms. The number of amides is 4. The number of likely N-dealkylation sites (tertiary alicyclic amines) is 1. The van der Waals surface area contributed by atoms with E-state index in [1.165, 1.54) is 4.57 Å². The molecule has 5 rings (SSSR count). The first-order chi connectivity index (χ1) is 21.8. The van der Waals surface area contributed by atoms with Gasteiger partial charge in [0.2, 0.25) is 0 Å². The summed E-state index contributed by atoms with van der Waals surface area (Å²) in [5, 5.41) is 9.03. The predicted molar refractivity (Wildman–Crippen MR) is 176 cm³/mol. The van der Waals surface area contributed by atoms with Gasteiger partial charge in [0.1, 0.15) is 5.60 Å². The van der Waals surface area contributed by atoms with Gasteiger partial charge in [-0.3, -0.25) is 18.7 Å². The molecule has 246 valence electrons. The molecule has 1 unspecified atom stereocenters. The zero-order valence-corrected chi connectivity index (χ0v) is 27.2. The van der Waals surface area contributed by atoms with Gasteiger partial charge in [-0.15, -0.1) is 0 Å². The molecule has 0 spiro atoms. The van der Waals surface area contributed by atoms with Crippen LogP contribution in [0.15, 0.2) is 52.1 Å². The minimum absolute atomic E-state index is 0.138. The number of carbonyl (C=O) groups excluding carboxylic acids is 3. The molecule has 1 saturated carbocycles. The monoisotopic (exact) mass is 632 g/mol. The van der Waals surface area contributed by atoms with Crippen LogP contribution >= 0.6 is 0 Å². The second-order valence-electron chi connectivity index (χ2n) is 13.6. The Balaban J connectivity index is 1.20. The first-order valence-corrected chi connectivity index (χ1v) is 16.0. The van der Waals surface area contributed by atoms with Gasteiger partial charge in [0.15, 0.2) is 0 Å². The Kier molecular flexibility index (Phi) is 9.55. The summed E-state index contributed by atoms with van der Waals surface area (Å²) < 4.78 is 8.22. The van der Waals surface area contributed by atoms with E-state index in [1.807, 2.05) is 13.8 Å². The van der Waals surface area contributed by atoms with Gasteiger partial charge in [-0.25, -0.2) is 14.4 Å². The number of rotatable bonds is 8. The summed E-state index contributed by atoms with van der Waals surface area (Å²) in [7, 11) is 0. The largest absolute Gasteiger partial charge is 0.444 e. The van der Waals surface area contributed by atoms with Gasteiger partial charge in [-0.1, -0.05) is 12.1 Å². The fraction of sp³-hybridized carbons (Fsp3) is 0.500. The second kappa shape index (κ2) is 13.4. The van der Waals surface area contributed by atoms with Crippen LogP contribution < -0.4 is 27.2 Å². The number of anilines is 1. The normalized spacial score (nSPS) is 16.7. The number of urea groups is 1. The molecule has 3 N–H and O–H groups in total. The Bertz CT molecular complexity index is 1730. The van der Waals surface area contributed by atoms with Gasteiger partial charge < -0.3 is 25.6 Å². The third-order valence-corrected chi connectivity index (χ3v) is 8.17. The van der Waals surface area contributed by atoms with E-state index in [0.29, 0.717) is 47.7 Å². The van der Waals surface area contributed by atoms with E-state index in [9.17, 15) is 24.0 Å². The molecule has 2 heterocycles. The number of ether oxygens (including phenoxy) is 1. The maximum atomic E-state index is 13.4. The van der Waals surface area contributed by atoms with Crippen LogP contribution in [0, 0.1) is 5.92 Å². The van der Waals surface area contributed by atoms with Crippen LogP contribution in [0.1, 0.15) is 82.3 Å². The third kappa shape index (κ3) is 7.96. The van der Waals surface area contributed by atoms with Gasteiger partial charge in [-0.05, 0) is 102 Å². The molecule has 2 fully saturated rings. The SMILES string of the molecule is CC(C)n1c(=O)n(CC2CC2)c(=O)c2cc(NC(=O)N3CCCC(NC(=O)c4ccc(CNC(=O)OC(C)(C)C)cc4)C3)ccc21. The number of benzene rings is 2. The van der Waals surface area contributed by atoms with Crippen molar-refractivity contribution in [3.8, 4) is 0 Å². The van der Waals surface area contributed by atoms with Crippen LogP contribution in [0.25, 0.3) is 10.9 Å². The molecule has 12 nitrogen and oxygen atoms in total. The highest BCUT2D eigenvalue weighted by atomic mass is 16.6. The number of fused-ring (bicyclic) bond motifs is 1. The molecule has 2 aliphatic rings. The molecule has 1 aromatic heterocycles. The van der Waals surface area contributed by atoms with E-state index in [2.05, 4.69) is 16.0 Å². The van der Waals surface area contributed by atoms with E-state index >= 15 is 0 Å². The van der Waals surface area contributed by atoms with Gasteiger partial charge >= 0.3 is 17.8 Å². The number of hydrogen-bond acceptors (Lipinski definition) is 6. The van der Waals surface area contributed by atoms with Gasteiger partial charge in [0, 0.05) is 49.5 Å². The molecule has 1 aliphatic heterocycles. The van der Waals surface area contributed by atoms with Crippen molar-refractivity contribution in [1.29, 1.82) is 0 Å². The highest BCUT2D eigenvalue weighted by Gasteiger charge is 2.27. The van der Waals surface area contributed by atoms with Crippen molar-refractivity contribution in [2.45, 2.75) is 91.1 Å². The van der Waals surface area contributed by atoms with Crippen molar-refractivity contribution in [1.82, 2.24) is 24.7 Å². The highest BCUT2D eigenvalue weighted by molar-refractivity contribution is 5.95. The van der Waals surface area contributed by atoms with Crippen molar-refractivity contribution in [3.05, 3.63) is 74.4 Å². The summed E-state index contributed by atoms with van der Waals surface area (Å²) in [5.41, 5.74) is 1.09. The summed E-state index contributed by atoms with van der Waals surface area (Å²) in [6.45, 7) is 10.8. The number of aromatic nitrogens is 2. The molecule has 4 amide bonds. The lowest BCUT2D eigenvalue weighted by molar-refractivity contribution is 0.0523. The van der Waals surface area contributed by atoms with Crippen molar-refractivity contribution in [3.63, 3.8) is 0 Å². The van der Waals surface area contributed by atoms with E-state index in [4.69, 9.17) is 4.74 Å². The molecule has 0 radical (unpaired) electrons. The van der Waals surface area contributed by atoms with Crippen LogP contribution in [0.5, 0.6) is 0 Å². The molecule has 1 atom stereocenters. The topological polar surface area (TPSA) is 144 Å². The van der Waals surface area contributed by atoms with Crippen LogP contribution in [0.3, 0.4) is 0 Å². The average molecular weight is 633 g/mol. The lowest BCUT2D eigenvalue weighted by Crippen LogP contribution is -2.50. The average Bonchev–Trinajstić information content (AvgIpc) is 3.82. The van der Waals surface area contributed by atoms with Crippen LogP contribution in [-0.4, -0.2) is 56.8 Å². The quantitative estimate of drug-likeness (QED) is 0.331. The number of nitrogens with zero attached hydrogens (tertiary/aromatic N) is 3. The van der Waals surface area contributed by atoms with E-state index < -0.39 is 11.7 Å². The standard InChI is InChI=1S/C34H44N6O6/c1-21(2)40-28-15-14-25(17-27(28)30(42)39(33(40)45)19-23-8-9-23)37-31(43)38-16-6-7-26(20-38)36-29(41)24-12-10-22(11-13-24)18-35-32(44)46-34(3,4)5/h10-15,17,21,23,26H,6-9,16,18-20H2,1-5H3,(H,35,44)(H,36,41)(H,37,43). The summed E-state index contributed by atoms with van der Waals surface area (Å²) in [6, 6.07) is 11.3. The molecule has 1 saturated heterocycles. The van der Waals surface area contributed by atoms with E-state index in [-0.39, 0.29) is 41.8 Å².